The number of hydrogen-bond acceptors (Lipinski definition) is 3. The molecule has 124 valence electrons. The van der Waals surface area contributed by atoms with Gasteiger partial charge in [-0.05, 0) is 23.6 Å². The summed E-state index contributed by atoms with van der Waals surface area (Å²) in [6, 6.07) is 16.4. The van der Waals surface area contributed by atoms with Crippen LogP contribution in [-0.2, 0) is 11.2 Å². The highest BCUT2D eigenvalue weighted by atomic mass is 16.3. The topological polar surface area (TPSA) is 69.6 Å². The second-order valence-electron chi connectivity index (χ2n) is 5.74. The molecule has 2 N–H and O–H groups in total. The van der Waals surface area contributed by atoms with Crippen LogP contribution in [0.5, 0.6) is 0 Å². The van der Waals surface area contributed by atoms with Crippen LogP contribution in [0.3, 0.4) is 0 Å². The van der Waals surface area contributed by atoms with Gasteiger partial charge in [0.15, 0.2) is 0 Å². The molecule has 0 aliphatic carbocycles. The standard InChI is InChI=1S/C19H20N2O3/c22-13-12-21-17(15-8-4-5-9-16(15)19(21)24)18(23)20-11-10-14-6-2-1-3-7-14/h1-9,17,22H,10-13H2,(H,20,23). The highest BCUT2D eigenvalue weighted by Gasteiger charge is 2.40. The third-order valence-corrected chi connectivity index (χ3v) is 4.20. The van der Waals surface area contributed by atoms with Crippen molar-refractivity contribution in [2.45, 2.75) is 12.5 Å². The van der Waals surface area contributed by atoms with E-state index < -0.39 is 6.04 Å². The number of aliphatic hydroxyl groups is 1. The maximum absolute atomic E-state index is 12.6. The molecular weight excluding hydrogens is 304 g/mol. The van der Waals surface area contributed by atoms with Crippen molar-refractivity contribution in [2.75, 3.05) is 19.7 Å². The molecule has 0 spiro atoms. The monoisotopic (exact) mass is 324 g/mol. The lowest BCUT2D eigenvalue weighted by molar-refractivity contribution is -0.125. The predicted molar refractivity (Wildman–Crippen MR) is 90.5 cm³/mol. The second kappa shape index (κ2) is 7.27. The van der Waals surface area contributed by atoms with Crippen LogP contribution in [-0.4, -0.2) is 41.5 Å². The van der Waals surface area contributed by atoms with Crippen molar-refractivity contribution in [2.24, 2.45) is 0 Å². The summed E-state index contributed by atoms with van der Waals surface area (Å²) in [5, 5.41) is 12.1. The van der Waals surface area contributed by atoms with Gasteiger partial charge < -0.3 is 15.3 Å². The van der Waals surface area contributed by atoms with Crippen molar-refractivity contribution in [1.29, 1.82) is 0 Å². The highest BCUT2D eigenvalue weighted by Crippen LogP contribution is 2.33. The van der Waals surface area contributed by atoms with Gasteiger partial charge in [0.05, 0.1) is 6.61 Å². The molecule has 0 fully saturated rings. The average Bonchev–Trinajstić information content (AvgIpc) is 2.89. The zero-order valence-corrected chi connectivity index (χ0v) is 13.3. The Labute approximate surface area is 140 Å². The van der Waals surface area contributed by atoms with E-state index in [2.05, 4.69) is 5.32 Å². The predicted octanol–water partition coefficient (Wildman–Crippen LogP) is 1.53. The van der Waals surface area contributed by atoms with Crippen LogP contribution in [0.1, 0.15) is 27.5 Å². The van der Waals surface area contributed by atoms with Crippen molar-refractivity contribution in [3.63, 3.8) is 0 Å². The fourth-order valence-corrected chi connectivity index (χ4v) is 3.06. The van der Waals surface area contributed by atoms with Crippen molar-refractivity contribution >= 4 is 11.8 Å². The molecule has 0 saturated heterocycles. The van der Waals surface area contributed by atoms with E-state index in [1.54, 1.807) is 18.2 Å². The summed E-state index contributed by atoms with van der Waals surface area (Å²) >= 11 is 0. The molecule has 0 bridgehead atoms. The smallest absolute Gasteiger partial charge is 0.255 e. The first-order valence-electron chi connectivity index (χ1n) is 8.05. The summed E-state index contributed by atoms with van der Waals surface area (Å²) in [5.74, 6) is -0.416. The number of benzene rings is 2. The normalized spacial score (nSPS) is 16.1. The first kappa shape index (κ1) is 16.2. The lowest BCUT2D eigenvalue weighted by Crippen LogP contribution is -2.41. The molecule has 0 radical (unpaired) electrons. The van der Waals surface area contributed by atoms with E-state index in [9.17, 15) is 14.7 Å². The molecule has 0 aromatic heterocycles. The van der Waals surface area contributed by atoms with Crippen LogP contribution in [0.15, 0.2) is 54.6 Å². The first-order chi connectivity index (χ1) is 11.7. The molecule has 5 heteroatoms. The van der Waals surface area contributed by atoms with Crippen molar-refractivity contribution in [3.05, 3.63) is 71.3 Å². The number of hydrogen-bond donors (Lipinski definition) is 2. The Hall–Kier alpha value is -2.66. The third kappa shape index (κ3) is 3.16. The lowest BCUT2D eigenvalue weighted by Gasteiger charge is -2.23. The minimum absolute atomic E-state index is 0.143. The van der Waals surface area contributed by atoms with Crippen LogP contribution in [0.25, 0.3) is 0 Å². The van der Waals surface area contributed by atoms with Gasteiger partial charge in [-0.2, -0.15) is 0 Å². The zero-order valence-electron chi connectivity index (χ0n) is 13.3. The molecule has 1 aliphatic heterocycles. The maximum atomic E-state index is 12.6. The van der Waals surface area contributed by atoms with E-state index in [0.717, 1.165) is 12.0 Å². The Kier molecular flexibility index (Phi) is 4.91. The number of carbonyl (C=O) groups excluding carboxylic acids is 2. The van der Waals surface area contributed by atoms with Crippen LogP contribution >= 0.6 is 0 Å². The summed E-state index contributed by atoms with van der Waals surface area (Å²) in [7, 11) is 0. The van der Waals surface area contributed by atoms with Crippen molar-refractivity contribution < 1.29 is 14.7 Å². The molecule has 2 amide bonds. The SMILES string of the molecule is O=C(NCCc1ccccc1)C1c2ccccc2C(=O)N1CCO. The molecule has 1 unspecified atom stereocenters. The van der Waals surface area contributed by atoms with Gasteiger partial charge >= 0.3 is 0 Å². The summed E-state index contributed by atoms with van der Waals surface area (Å²) in [5.41, 5.74) is 2.38. The van der Waals surface area contributed by atoms with Crippen molar-refractivity contribution in [1.82, 2.24) is 10.2 Å². The first-order valence-corrected chi connectivity index (χ1v) is 8.05. The Morgan fingerprint density at radius 1 is 1.08 bits per heavy atom. The summed E-state index contributed by atoms with van der Waals surface area (Å²) in [4.78, 5) is 26.5. The number of aliphatic hydroxyl groups excluding tert-OH is 1. The van der Waals surface area contributed by atoms with Gasteiger partial charge in [-0.1, -0.05) is 48.5 Å². The van der Waals surface area contributed by atoms with Crippen LogP contribution in [0.2, 0.25) is 0 Å². The van der Waals surface area contributed by atoms with Gasteiger partial charge in [0, 0.05) is 18.7 Å². The number of amides is 2. The fourth-order valence-electron chi connectivity index (χ4n) is 3.06. The van der Waals surface area contributed by atoms with Gasteiger partial charge in [-0.15, -0.1) is 0 Å². The molecule has 2 aromatic rings. The minimum Gasteiger partial charge on any atom is -0.395 e. The lowest BCUT2D eigenvalue weighted by atomic mass is 10.0. The molecule has 1 heterocycles. The van der Waals surface area contributed by atoms with E-state index >= 15 is 0 Å². The van der Waals surface area contributed by atoms with E-state index in [4.69, 9.17) is 0 Å². The number of fused-ring (bicyclic) bond motifs is 1. The summed E-state index contributed by atoms with van der Waals surface area (Å²) in [6.45, 7) is 0.473. The fraction of sp³-hybridized carbons (Fsp3) is 0.263. The molecule has 2 aromatic carbocycles. The molecule has 1 aliphatic rings. The molecule has 5 nitrogen and oxygen atoms in total. The van der Waals surface area contributed by atoms with Gasteiger partial charge in [0.2, 0.25) is 5.91 Å². The largest absolute Gasteiger partial charge is 0.395 e. The Morgan fingerprint density at radius 2 is 1.79 bits per heavy atom. The third-order valence-electron chi connectivity index (χ3n) is 4.20. The van der Waals surface area contributed by atoms with Gasteiger partial charge in [-0.3, -0.25) is 9.59 Å². The number of rotatable bonds is 6. The molecule has 1 atom stereocenters. The van der Waals surface area contributed by atoms with Crippen LogP contribution in [0.4, 0.5) is 0 Å². The highest BCUT2D eigenvalue weighted by molar-refractivity contribution is 6.04. The van der Waals surface area contributed by atoms with E-state index in [0.29, 0.717) is 17.7 Å². The molecule has 24 heavy (non-hydrogen) atoms. The molecule has 3 rings (SSSR count). The second-order valence-corrected chi connectivity index (χ2v) is 5.74. The minimum atomic E-state index is -0.670. The van der Waals surface area contributed by atoms with Crippen LogP contribution < -0.4 is 5.32 Å². The maximum Gasteiger partial charge on any atom is 0.255 e. The summed E-state index contributed by atoms with van der Waals surface area (Å²) < 4.78 is 0. The van der Waals surface area contributed by atoms with Gasteiger partial charge in [0.25, 0.3) is 5.91 Å². The van der Waals surface area contributed by atoms with Crippen LogP contribution in [0, 0.1) is 0 Å². The van der Waals surface area contributed by atoms with E-state index in [1.807, 2.05) is 36.4 Å². The molecule has 0 saturated carbocycles. The van der Waals surface area contributed by atoms with Gasteiger partial charge in [0.1, 0.15) is 6.04 Å². The Balaban J connectivity index is 1.71. The van der Waals surface area contributed by atoms with Gasteiger partial charge in [-0.25, -0.2) is 0 Å². The average molecular weight is 324 g/mol. The quantitative estimate of drug-likeness (QED) is 0.847. The number of β-amino-alcohol motifs (C(OH)–C–C–N with tert-alkyl or cyclic N) is 1. The summed E-state index contributed by atoms with van der Waals surface area (Å²) in [6.07, 6.45) is 0.731. The Bertz CT molecular complexity index is 730. The number of carbonyl (C=O) groups is 2. The van der Waals surface area contributed by atoms with E-state index in [-0.39, 0.29) is 25.0 Å². The van der Waals surface area contributed by atoms with Crippen molar-refractivity contribution in [3.8, 4) is 0 Å². The van der Waals surface area contributed by atoms with E-state index in [1.165, 1.54) is 4.90 Å². The number of nitrogens with zero attached hydrogens (tertiary/aromatic N) is 1. The Morgan fingerprint density at radius 3 is 2.54 bits per heavy atom. The molecular formula is C19H20N2O3. The zero-order chi connectivity index (χ0) is 16.9. The number of nitrogens with one attached hydrogen (secondary N) is 1.